The van der Waals surface area contributed by atoms with Crippen molar-refractivity contribution in [1.82, 2.24) is 5.32 Å². The highest BCUT2D eigenvalue weighted by Crippen LogP contribution is 2.31. The van der Waals surface area contributed by atoms with Crippen molar-refractivity contribution in [3.63, 3.8) is 0 Å². The van der Waals surface area contributed by atoms with Gasteiger partial charge in [0, 0.05) is 6.42 Å². The Kier molecular flexibility index (Phi) is 3.85. The monoisotopic (exact) mass is 273 g/mol. The number of hydrogen-bond acceptors (Lipinski definition) is 3. The van der Waals surface area contributed by atoms with Crippen LogP contribution in [0.4, 0.5) is 0 Å². The van der Waals surface area contributed by atoms with Crippen LogP contribution in [0, 0.1) is 0 Å². The maximum atomic E-state index is 5.59. The molecule has 0 bridgehead atoms. The average Bonchev–Trinajstić information content (AvgIpc) is 3.09. The van der Waals surface area contributed by atoms with E-state index in [-0.39, 0.29) is 0 Å². The highest BCUT2D eigenvalue weighted by atomic mass is 32.1. The highest BCUT2D eigenvalue weighted by Gasteiger charge is 2.18. The van der Waals surface area contributed by atoms with E-state index < -0.39 is 0 Å². The molecule has 3 heteroatoms. The summed E-state index contributed by atoms with van der Waals surface area (Å²) in [7, 11) is 0. The first kappa shape index (κ1) is 12.7. The number of rotatable bonds is 5. The Bertz CT molecular complexity index is 536. The number of nitrogens with one attached hydrogen (secondary N) is 1. The summed E-state index contributed by atoms with van der Waals surface area (Å²) in [6, 6.07) is 9.12. The summed E-state index contributed by atoms with van der Waals surface area (Å²) in [5.74, 6) is 1.06. The van der Waals surface area contributed by atoms with Gasteiger partial charge in [0.05, 0.1) is 12.6 Å². The second-order valence-corrected chi connectivity index (χ2v) is 5.69. The molecule has 0 radical (unpaired) electrons. The summed E-state index contributed by atoms with van der Waals surface area (Å²) in [5, 5.41) is 8.02. The van der Waals surface area contributed by atoms with Crippen molar-refractivity contribution < 1.29 is 4.74 Å². The number of thiophene rings is 1. The van der Waals surface area contributed by atoms with Gasteiger partial charge in [0.1, 0.15) is 5.75 Å². The molecule has 0 amide bonds. The van der Waals surface area contributed by atoms with Crippen LogP contribution in [0.3, 0.4) is 0 Å². The third-order valence-electron chi connectivity index (χ3n) is 3.52. The van der Waals surface area contributed by atoms with Gasteiger partial charge >= 0.3 is 0 Å². The maximum Gasteiger partial charge on any atom is 0.122 e. The van der Waals surface area contributed by atoms with Crippen LogP contribution in [-0.4, -0.2) is 13.2 Å². The lowest BCUT2D eigenvalue weighted by atomic mass is 9.98. The molecule has 1 unspecified atom stereocenters. The summed E-state index contributed by atoms with van der Waals surface area (Å²) < 4.78 is 5.59. The maximum absolute atomic E-state index is 5.59. The van der Waals surface area contributed by atoms with E-state index in [1.807, 2.05) is 0 Å². The molecule has 2 nitrogen and oxygen atoms in total. The molecule has 19 heavy (non-hydrogen) atoms. The smallest absolute Gasteiger partial charge is 0.122 e. The van der Waals surface area contributed by atoms with Crippen molar-refractivity contribution in [1.29, 1.82) is 0 Å². The molecule has 1 N–H and O–H groups in total. The molecule has 0 fully saturated rings. The lowest BCUT2D eigenvalue weighted by molar-refractivity contribution is 0.357. The molecule has 1 aromatic heterocycles. The lowest BCUT2D eigenvalue weighted by Crippen LogP contribution is -2.22. The van der Waals surface area contributed by atoms with Crippen molar-refractivity contribution in [2.75, 3.05) is 13.2 Å². The highest BCUT2D eigenvalue weighted by molar-refractivity contribution is 7.08. The average molecular weight is 273 g/mol. The molecule has 1 aliphatic heterocycles. The van der Waals surface area contributed by atoms with Gasteiger partial charge in [0.15, 0.2) is 0 Å². The minimum absolute atomic E-state index is 0.303. The van der Waals surface area contributed by atoms with Crippen molar-refractivity contribution in [3.05, 3.63) is 51.7 Å². The first-order valence-corrected chi connectivity index (χ1v) is 7.84. The van der Waals surface area contributed by atoms with Crippen LogP contribution < -0.4 is 10.1 Å². The Morgan fingerprint density at radius 2 is 2.26 bits per heavy atom. The molecule has 2 heterocycles. The Balaban J connectivity index is 1.90. The topological polar surface area (TPSA) is 21.3 Å². The van der Waals surface area contributed by atoms with Crippen molar-refractivity contribution in [2.45, 2.75) is 25.8 Å². The Morgan fingerprint density at radius 3 is 3.05 bits per heavy atom. The third-order valence-corrected chi connectivity index (χ3v) is 4.22. The van der Waals surface area contributed by atoms with Crippen LogP contribution in [-0.2, 0) is 6.42 Å². The zero-order chi connectivity index (χ0) is 13.1. The van der Waals surface area contributed by atoms with Gasteiger partial charge in [-0.25, -0.2) is 0 Å². The van der Waals surface area contributed by atoms with Crippen LogP contribution >= 0.6 is 11.3 Å². The van der Waals surface area contributed by atoms with E-state index >= 15 is 0 Å². The molecule has 0 aliphatic carbocycles. The number of hydrogen-bond donors (Lipinski definition) is 1. The predicted octanol–water partition coefficient (Wildman–Crippen LogP) is 3.77. The summed E-state index contributed by atoms with van der Waals surface area (Å²) in [5.41, 5.74) is 4.05. The molecule has 100 valence electrons. The summed E-state index contributed by atoms with van der Waals surface area (Å²) in [6.45, 7) is 4.06. The van der Waals surface area contributed by atoms with Gasteiger partial charge in [-0.05, 0) is 52.5 Å². The number of fused-ring (bicyclic) bond motifs is 1. The first-order valence-electron chi connectivity index (χ1n) is 6.89. The molecule has 1 atom stereocenters. The normalized spacial score (nSPS) is 15.0. The van der Waals surface area contributed by atoms with Crippen LogP contribution in [0.1, 0.15) is 36.1 Å². The quantitative estimate of drug-likeness (QED) is 0.895. The molecule has 3 rings (SSSR count). The van der Waals surface area contributed by atoms with Crippen molar-refractivity contribution in [3.8, 4) is 5.75 Å². The molecule has 0 saturated carbocycles. The SMILES string of the molecule is CCCNC(c1ccsc1)c1ccc2c(c1)CCO2. The van der Waals surface area contributed by atoms with E-state index in [9.17, 15) is 0 Å². The zero-order valence-electron chi connectivity index (χ0n) is 11.2. The molecule has 2 aromatic rings. The summed E-state index contributed by atoms with van der Waals surface area (Å²) >= 11 is 1.76. The summed E-state index contributed by atoms with van der Waals surface area (Å²) in [4.78, 5) is 0. The largest absolute Gasteiger partial charge is 0.493 e. The fourth-order valence-corrected chi connectivity index (χ4v) is 3.23. The van der Waals surface area contributed by atoms with Gasteiger partial charge in [-0.2, -0.15) is 11.3 Å². The van der Waals surface area contributed by atoms with E-state index in [0.717, 1.165) is 31.7 Å². The molecule has 0 spiro atoms. The Hall–Kier alpha value is -1.32. The predicted molar refractivity (Wildman–Crippen MR) is 80.1 cm³/mol. The van der Waals surface area contributed by atoms with E-state index in [2.05, 4.69) is 47.3 Å². The molecular formula is C16H19NOS. The zero-order valence-corrected chi connectivity index (χ0v) is 12.0. The lowest BCUT2D eigenvalue weighted by Gasteiger charge is -2.19. The van der Waals surface area contributed by atoms with Gasteiger partial charge in [-0.3, -0.25) is 0 Å². The number of ether oxygens (including phenoxy) is 1. The fraction of sp³-hybridized carbons (Fsp3) is 0.375. The molecular weight excluding hydrogens is 254 g/mol. The fourth-order valence-electron chi connectivity index (χ4n) is 2.54. The summed E-state index contributed by atoms with van der Waals surface area (Å²) in [6.07, 6.45) is 2.18. The molecule has 0 saturated heterocycles. The van der Waals surface area contributed by atoms with Crippen LogP contribution in [0.5, 0.6) is 5.75 Å². The minimum atomic E-state index is 0.303. The van der Waals surface area contributed by atoms with Gasteiger partial charge in [0.2, 0.25) is 0 Å². The van der Waals surface area contributed by atoms with Gasteiger partial charge in [-0.15, -0.1) is 0 Å². The van der Waals surface area contributed by atoms with Crippen LogP contribution in [0.25, 0.3) is 0 Å². The Morgan fingerprint density at radius 1 is 1.32 bits per heavy atom. The van der Waals surface area contributed by atoms with Gasteiger partial charge in [-0.1, -0.05) is 19.1 Å². The van der Waals surface area contributed by atoms with Gasteiger partial charge in [0.25, 0.3) is 0 Å². The third kappa shape index (κ3) is 2.67. The minimum Gasteiger partial charge on any atom is -0.493 e. The first-order chi connectivity index (χ1) is 9.38. The second kappa shape index (κ2) is 5.76. The standard InChI is InChI=1S/C16H19NOS/c1-2-7-17-16(14-6-9-19-11-14)13-3-4-15-12(10-13)5-8-18-15/h3-4,6,9-11,16-17H,2,5,7-8H2,1H3. The van der Waals surface area contributed by atoms with Crippen molar-refractivity contribution >= 4 is 11.3 Å². The van der Waals surface area contributed by atoms with E-state index in [0.29, 0.717) is 6.04 Å². The van der Waals surface area contributed by atoms with Crippen LogP contribution in [0.2, 0.25) is 0 Å². The van der Waals surface area contributed by atoms with Crippen molar-refractivity contribution in [2.24, 2.45) is 0 Å². The Labute approximate surface area is 118 Å². The molecule has 1 aromatic carbocycles. The molecule has 1 aliphatic rings. The van der Waals surface area contributed by atoms with Crippen LogP contribution in [0.15, 0.2) is 35.0 Å². The number of benzene rings is 1. The van der Waals surface area contributed by atoms with E-state index in [1.54, 1.807) is 11.3 Å². The van der Waals surface area contributed by atoms with Gasteiger partial charge < -0.3 is 10.1 Å². The van der Waals surface area contributed by atoms with E-state index in [4.69, 9.17) is 4.74 Å². The second-order valence-electron chi connectivity index (χ2n) is 4.91. The van der Waals surface area contributed by atoms with E-state index in [1.165, 1.54) is 16.7 Å².